The normalized spacial score (nSPS) is 11.5. The van der Waals surface area contributed by atoms with Crippen molar-refractivity contribution in [2.45, 2.75) is 31.6 Å². The molecule has 1 heterocycles. The number of halogens is 1. The van der Waals surface area contributed by atoms with Crippen LogP contribution in [0.5, 0.6) is 0 Å². The number of nitrogens with one attached hydrogen (secondary N) is 2. The van der Waals surface area contributed by atoms with Crippen LogP contribution in [0.25, 0.3) is 11.3 Å². The highest BCUT2D eigenvalue weighted by Gasteiger charge is 2.19. The highest BCUT2D eigenvalue weighted by atomic mass is 35.5. The van der Waals surface area contributed by atoms with Gasteiger partial charge < -0.3 is 0 Å². The highest BCUT2D eigenvalue weighted by Crippen LogP contribution is 2.31. The van der Waals surface area contributed by atoms with Gasteiger partial charge in [0.05, 0.1) is 21.2 Å². The standard InChI is InChI=1S/C21H22ClN3O3S2/c1-4-5-14-6-8-15(9-7-14)19-13(2)29-21(24-19)25-20(26)17-12-16(10-11-18(17)22)30(27,28)23-3/h6-12,23H,4-5H2,1-3H3,(H,24,25,26). The molecule has 1 amide bonds. The molecule has 2 aromatic carbocycles. The van der Waals surface area contributed by atoms with Crippen molar-refractivity contribution in [3.8, 4) is 11.3 Å². The summed E-state index contributed by atoms with van der Waals surface area (Å²) in [6.07, 6.45) is 2.12. The van der Waals surface area contributed by atoms with E-state index in [1.165, 1.54) is 42.1 Å². The number of sulfonamides is 1. The van der Waals surface area contributed by atoms with Gasteiger partial charge in [-0.05, 0) is 44.2 Å². The smallest absolute Gasteiger partial charge is 0.259 e. The molecule has 0 aliphatic carbocycles. The molecule has 30 heavy (non-hydrogen) atoms. The third kappa shape index (κ3) is 4.89. The Morgan fingerprint density at radius 3 is 2.50 bits per heavy atom. The maximum atomic E-state index is 12.7. The minimum absolute atomic E-state index is 0.0391. The molecule has 0 bridgehead atoms. The number of hydrogen-bond acceptors (Lipinski definition) is 5. The quantitative estimate of drug-likeness (QED) is 0.522. The molecule has 0 atom stereocenters. The Labute approximate surface area is 185 Å². The van der Waals surface area contributed by atoms with Gasteiger partial charge in [-0.2, -0.15) is 0 Å². The molecule has 2 N–H and O–H groups in total. The van der Waals surface area contributed by atoms with Crippen molar-refractivity contribution in [3.63, 3.8) is 0 Å². The fourth-order valence-corrected chi connectivity index (χ4v) is 4.75. The summed E-state index contributed by atoms with van der Waals surface area (Å²) < 4.78 is 26.3. The van der Waals surface area contributed by atoms with Crippen LogP contribution in [0.2, 0.25) is 5.02 Å². The summed E-state index contributed by atoms with van der Waals surface area (Å²) in [6.45, 7) is 4.08. The molecule has 3 aromatic rings. The Hall–Kier alpha value is -2.26. The first-order valence-corrected chi connectivity index (χ1v) is 12.0. The Morgan fingerprint density at radius 2 is 1.87 bits per heavy atom. The van der Waals surface area contributed by atoms with Gasteiger partial charge in [0.25, 0.3) is 5.91 Å². The molecule has 0 radical (unpaired) electrons. The lowest BCUT2D eigenvalue weighted by Gasteiger charge is -2.07. The molecule has 0 saturated heterocycles. The number of thiazole rings is 1. The number of amides is 1. The predicted octanol–water partition coefficient (Wildman–Crippen LogP) is 4.88. The van der Waals surface area contributed by atoms with Crippen LogP contribution in [0.15, 0.2) is 47.4 Å². The van der Waals surface area contributed by atoms with Gasteiger partial charge in [-0.1, -0.05) is 49.2 Å². The zero-order chi connectivity index (χ0) is 21.9. The average Bonchev–Trinajstić information content (AvgIpc) is 3.08. The summed E-state index contributed by atoms with van der Waals surface area (Å²) in [7, 11) is -2.39. The van der Waals surface area contributed by atoms with Crippen molar-refractivity contribution >= 4 is 44.0 Å². The van der Waals surface area contributed by atoms with Gasteiger partial charge in [0.2, 0.25) is 10.0 Å². The first kappa shape index (κ1) is 22.4. The van der Waals surface area contributed by atoms with Crippen molar-refractivity contribution in [2.75, 3.05) is 12.4 Å². The molecule has 9 heteroatoms. The second-order valence-corrected chi connectivity index (χ2v) is 10.2. The molecule has 3 rings (SSSR count). The molecule has 0 aliphatic heterocycles. The van der Waals surface area contributed by atoms with E-state index in [2.05, 4.69) is 34.1 Å². The van der Waals surface area contributed by atoms with E-state index < -0.39 is 15.9 Å². The van der Waals surface area contributed by atoms with Crippen LogP contribution in [0.1, 0.15) is 34.1 Å². The number of carbonyl (C=O) groups is 1. The molecular formula is C21H22ClN3O3S2. The van der Waals surface area contributed by atoms with Crippen LogP contribution in [-0.4, -0.2) is 26.4 Å². The third-order valence-corrected chi connectivity index (χ3v) is 7.17. The molecule has 0 unspecified atom stereocenters. The summed E-state index contributed by atoms with van der Waals surface area (Å²) in [5.41, 5.74) is 3.11. The number of nitrogens with zero attached hydrogens (tertiary/aromatic N) is 1. The fraction of sp³-hybridized carbons (Fsp3) is 0.238. The van der Waals surface area contributed by atoms with E-state index in [0.717, 1.165) is 29.0 Å². The van der Waals surface area contributed by atoms with Gasteiger partial charge >= 0.3 is 0 Å². The summed E-state index contributed by atoms with van der Waals surface area (Å²) in [5.74, 6) is -0.522. The van der Waals surface area contributed by atoms with Crippen molar-refractivity contribution in [3.05, 3.63) is 63.5 Å². The first-order valence-electron chi connectivity index (χ1n) is 9.36. The van der Waals surface area contributed by atoms with E-state index in [1.807, 2.05) is 19.1 Å². The zero-order valence-electron chi connectivity index (χ0n) is 16.8. The fourth-order valence-electron chi connectivity index (χ4n) is 2.96. The first-order chi connectivity index (χ1) is 14.2. The van der Waals surface area contributed by atoms with Crippen molar-refractivity contribution in [1.29, 1.82) is 0 Å². The van der Waals surface area contributed by atoms with Crippen LogP contribution < -0.4 is 10.0 Å². The van der Waals surface area contributed by atoms with Crippen LogP contribution in [-0.2, 0) is 16.4 Å². The van der Waals surface area contributed by atoms with Crippen LogP contribution in [0.4, 0.5) is 5.13 Å². The molecule has 0 spiro atoms. The molecule has 158 valence electrons. The predicted molar refractivity (Wildman–Crippen MR) is 122 cm³/mol. The number of anilines is 1. The monoisotopic (exact) mass is 463 g/mol. The maximum Gasteiger partial charge on any atom is 0.259 e. The Balaban J connectivity index is 1.85. The summed E-state index contributed by atoms with van der Waals surface area (Å²) in [4.78, 5) is 18.2. The van der Waals surface area contributed by atoms with E-state index in [1.54, 1.807) is 0 Å². The number of carbonyl (C=O) groups excluding carboxylic acids is 1. The lowest BCUT2D eigenvalue weighted by molar-refractivity contribution is 0.102. The van der Waals surface area contributed by atoms with Crippen molar-refractivity contribution in [2.24, 2.45) is 0 Å². The van der Waals surface area contributed by atoms with Gasteiger partial charge in [0.1, 0.15) is 0 Å². The second-order valence-electron chi connectivity index (χ2n) is 6.67. The topological polar surface area (TPSA) is 88.2 Å². The molecular weight excluding hydrogens is 442 g/mol. The van der Waals surface area contributed by atoms with Crippen LogP contribution >= 0.6 is 22.9 Å². The lowest BCUT2D eigenvalue weighted by atomic mass is 10.1. The molecule has 6 nitrogen and oxygen atoms in total. The minimum Gasteiger partial charge on any atom is -0.298 e. The Morgan fingerprint density at radius 1 is 1.17 bits per heavy atom. The number of aryl methyl sites for hydroxylation is 2. The van der Waals surface area contributed by atoms with Crippen LogP contribution in [0, 0.1) is 6.92 Å². The molecule has 0 aliphatic rings. The SMILES string of the molecule is CCCc1ccc(-c2nc(NC(=O)c3cc(S(=O)(=O)NC)ccc3Cl)sc2C)cc1. The van der Waals surface area contributed by atoms with Gasteiger partial charge in [-0.25, -0.2) is 18.1 Å². The molecule has 1 aromatic heterocycles. The van der Waals surface area contributed by atoms with Crippen molar-refractivity contribution < 1.29 is 13.2 Å². The summed E-state index contributed by atoms with van der Waals surface area (Å²) in [6, 6.07) is 12.2. The Bertz CT molecular complexity index is 1170. The van der Waals surface area contributed by atoms with E-state index in [4.69, 9.17) is 11.6 Å². The van der Waals surface area contributed by atoms with Gasteiger partial charge in [-0.3, -0.25) is 10.1 Å². The van der Waals surface area contributed by atoms with E-state index in [0.29, 0.717) is 5.13 Å². The number of rotatable bonds is 7. The zero-order valence-corrected chi connectivity index (χ0v) is 19.2. The average molecular weight is 464 g/mol. The molecule has 0 fully saturated rings. The van der Waals surface area contributed by atoms with E-state index >= 15 is 0 Å². The van der Waals surface area contributed by atoms with Gasteiger partial charge in [-0.15, -0.1) is 11.3 Å². The second kappa shape index (κ2) is 9.26. The van der Waals surface area contributed by atoms with Gasteiger partial charge in [0, 0.05) is 10.4 Å². The van der Waals surface area contributed by atoms with Crippen molar-refractivity contribution in [1.82, 2.24) is 9.71 Å². The van der Waals surface area contributed by atoms with E-state index in [9.17, 15) is 13.2 Å². The summed E-state index contributed by atoms with van der Waals surface area (Å²) >= 11 is 7.48. The Kier molecular flexibility index (Phi) is 6.92. The van der Waals surface area contributed by atoms with Crippen LogP contribution in [0.3, 0.4) is 0 Å². The summed E-state index contributed by atoms with van der Waals surface area (Å²) in [5, 5.41) is 3.30. The lowest BCUT2D eigenvalue weighted by Crippen LogP contribution is -2.20. The third-order valence-electron chi connectivity index (χ3n) is 4.54. The number of hydrogen-bond donors (Lipinski definition) is 2. The largest absolute Gasteiger partial charge is 0.298 e. The highest BCUT2D eigenvalue weighted by molar-refractivity contribution is 7.89. The maximum absolute atomic E-state index is 12.7. The molecule has 0 saturated carbocycles. The minimum atomic E-state index is -3.69. The number of benzene rings is 2. The number of aromatic nitrogens is 1. The van der Waals surface area contributed by atoms with E-state index in [-0.39, 0.29) is 15.5 Å². The van der Waals surface area contributed by atoms with Gasteiger partial charge in [0.15, 0.2) is 5.13 Å².